The Morgan fingerprint density at radius 1 is 1.35 bits per heavy atom. The molecule has 5 nitrogen and oxygen atoms in total. The summed E-state index contributed by atoms with van der Waals surface area (Å²) < 4.78 is 5.52. The molecule has 5 heteroatoms. The third-order valence-corrected chi connectivity index (χ3v) is 3.19. The van der Waals surface area contributed by atoms with Crippen LogP contribution < -0.4 is 10.6 Å². The summed E-state index contributed by atoms with van der Waals surface area (Å²) in [5.41, 5.74) is 3.08. The molecule has 1 aromatic heterocycles. The molecule has 2 N–H and O–H groups in total. The molecule has 0 radical (unpaired) electrons. The second-order valence-corrected chi connectivity index (χ2v) is 5.10. The van der Waals surface area contributed by atoms with E-state index in [0.29, 0.717) is 18.5 Å². The molecule has 0 saturated heterocycles. The normalized spacial score (nSPS) is 17.7. The smallest absolute Gasteiger partial charge is 0.226 e. The number of benzene rings is 1. The Hall–Kier alpha value is -2.30. The Bertz CT molecular complexity index is 615. The van der Waals surface area contributed by atoms with E-state index in [-0.39, 0.29) is 0 Å². The zero-order valence-electron chi connectivity index (χ0n) is 11.7. The van der Waals surface area contributed by atoms with Gasteiger partial charge in [-0.2, -0.15) is 0 Å². The van der Waals surface area contributed by atoms with Crippen molar-refractivity contribution in [1.29, 1.82) is 0 Å². The summed E-state index contributed by atoms with van der Waals surface area (Å²) >= 11 is 0. The molecule has 3 rings (SSSR count). The first kappa shape index (κ1) is 12.7. The van der Waals surface area contributed by atoms with Crippen LogP contribution in [0.4, 0.5) is 0 Å². The van der Waals surface area contributed by atoms with Crippen LogP contribution in [0.5, 0.6) is 0 Å². The van der Waals surface area contributed by atoms with Gasteiger partial charge in [0.1, 0.15) is 6.26 Å². The van der Waals surface area contributed by atoms with Crippen LogP contribution in [0.15, 0.2) is 39.9 Å². The summed E-state index contributed by atoms with van der Waals surface area (Å²) in [7, 11) is 0. The Morgan fingerprint density at radius 3 is 2.85 bits per heavy atom. The quantitative estimate of drug-likeness (QED) is 0.896. The van der Waals surface area contributed by atoms with E-state index >= 15 is 0 Å². The van der Waals surface area contributed by atoms with Gasteiger partial charge in [-0.15, -0.1) is 0 Å². The van der Waals surface area contributed by atoms with Gasteiger partial charge in [-0.3, -0.25) is 4.99 Å². The zero-order valence-corrected chi connectivity index (χ0v) is 11.7. The molecule has 2 aromatic rings. The largest absolute Gasteiger partial charge is 0.444 e. The number of aryl methyl sites for hydroxylation is 1. The van der Waals surface area contributed by atoms with Crippen LogP contribution in [-0.4, -0.2) is 23.5 Å². The number of oxazole rings is 1. The lowest BCUT2D eigenvalue weighted by Gasteiger charge is -2.06. The predicted octanol–water partition coefficient (Wildman–Crippen LogP) is 2.09. The van der Waals surface area contributed by atoms with Crippen molar-refractivity contribution in [2.45, 2.75) is 26.4 Å². The highest BCUT2D eigenvalue weighted by atomic mass is 16.3. The number of hydrogen-bond donors (Lipinski definition) is 2. The molecule has 0 bridgehead atoms. The number of nitrogens with one attached hydrogen (secondary N) is 2. The van der Waals surface area contributed by atoms with E-state index in [1.165, 1.54) is 5.56 Å². The van der Waals surface area contributed by atoms with Crippen LogP contribution in [0.25, 0.3) is 11.5 Å². The third-order valence-electron chi connectivity index (χ3n) is 3.19. The van der Waals surface area contributed by atoms with Gasteiger partial charge in [0.2, 0.25) is 5.89 Å². The molecule has 0 fully saturated rings. The Kier molecular flexibility index (Phi) is 3.41. The monoisotopic (exact) mass is 270 g/mol. The fraction of sp³-hybridized carbons (Fsp3) is 0.333. The molecule has 1 aromatic carbocycles. The first-order valence-electron chi connectivity index (χ1n) is 6.77. The lowest BCUT2D eigenvalue weighted by molar-refractivity contribution is 0.572. The molecule has 1 unspecified atom stereocenters. The minimum absolute atomic E-state index is 0.401. The molecular weight excluding hydrogens is 252 g/mol. The van der Waals surface area contributed by atoms with Crippen molar-refractivity contribution >= 4 is 5.96 Å². The molecule has 104 valence electrons. The van der Waals surface area contributed by atoms with Gasteiger partial charge in [0.15, 0.2) is 5.96 Å². The van der Waals surface area contributed by atoms with Gasteiger partial charge < -0.3 is 15.1 Å². The predicted molar refractivity (Wildman–Crippen MR) is 78.4 cm³/mol. The molecule has 0 saturated carbocycles. The van der Waals surface area contributed by atoms with Gasteiger partial charge in [-0.25, -0.2) is 4.98 Å². The van der Waals surface area contributed by atoms with Gasteiger partial charge in [0.05, 0.1) is 18.8 Å². The van der Waals surface area contributed by atoms with Crippen molar-refractivity contribution in [3.63, 3.8) is 0 Å². The van der Waals surface area contributed by atoms with Gasteiger partial charge >= 0.3 is 0 Å². The zero-order chi connectivity index (χ0) is 13.9. The van der Waals surface area contributed by atoms with Crippen molar-refractivity contribution in [1.82, 2.24) is 15.6 Å². The number of aliphatic imine (C=N–C) groups is 1. The van der Waals surface area contributed by atoms with Crippen LogP contribution in [0.3, 0.4) is 0 Å². The molecule has 2 heterocycles. The van der Waals surface area contributed by atoms with E-state index in [1.807, 2.05) is 12.1 Å². The summed E-state index contributed by atoms with van der Waals surface area (Å²) in [5.74, 6) is 1.48. The van der Waals surface area contributed by atoms with Crippen LogP contribution in [0.1, 0.15) is 18.2 Å². The molecule has 1 aliphatic rings. The second kappa shape index (κ2) is 5.36. The van der Waals surface area contributed by atoms with Crippen molar-refractivity contribution in [3.8, 4) is 11.5 Å². The molecule has 20 heavy (non-hydrogen) atoms. The maximum Gasteiger partial charge on any atom is 0.226 e. The van der Waals surface area contributed by atoms with Crippen LogP contribution in [0.2, 0.25) is 0 Å². The Labute approximate surface area is 118 Å². The summed E-state index contributed by atoms with van der Waals surface area (Å²) in [6, 6.07) is 8.54. The molecule has 0 amide bonds. The summed E-state index contributed by atoms with van der Waals surface area (Å²) in [5, 5.41) is 6.47. The van der Waals surface area contributed by atoms with Crippen LogP contribution >= 0.6 is 0 Å². The number of nitrogens with zero attached hydrogens (tertiary/aromatic N) is 2. The molecule has 1 atom stereocenters. The minimum Gasteiger partial charge on any atom is -0.444 e. The third kappa shape index (κ3) is 2.82. The highest BCUT2D eigenvalue weighted by molar-refractivity contribution is 5.81. The Balaban J connectivity index is 1.63. The topological polar surface area (TPSA) is 62.5 Å². The van der Waals surface area contributed by atoms with E-state index in [2.05, 4.69) is 46.6 Å². The standard InChI is InChI=1S/C15H18N4O/c1-10-3-5-12(6-4-10)14-19-13(9-20-14)8-17-15-16-7-11(2)18-15/h3-6,9,11H,7-8H2,1-2H3,(H2,16,17,18). The Morgan fingerprint density at radius 2 is 2.15 bits per heavy atom. The number of aromatic nitrogens is 1. The molecule has 1 aliphatic heterocycles. The van der Waals surface area contributed by atoms with Crippen LogP contribution in [0, 0.1) is 6.92 Å². The van der Waals surface area contributed by atoms with Crippen molar-refractivity contribution in [2.75, 3.05) is 6.54 Å². The first-order valence-corrected chi connectivity index (χ1v) is 6.77. The SMILES string of the molecule is Cc1ccc(-c2nc(CNC3=NCC(C)N3)co2)cc1. The van der Waals surface area contributed by atoms with Crippen molar-refractivity contribution in [2.24, 2.45) is 4.99 Å². The summed E-state index contributed by atoms with van der Waals surface area (Å²) in [4.78, 5) is 8.82. The second-order valence-electron chi connectivity index (χ2n) is 5.10. The molecule has 0 aliphatic carbocycles. The van der Waals surface area contributed by atoms with E-state index in [9.17, 15) is 0 Å². The average molecular weight is 270 g/mol. The maximum absolute atomic E-state index is 5.52. The summed E-state index contributed by atoms with van der Waals surface area (Å²) in [6.07, 6.45) is 1.68. The fourth-order valence-corrected chi connectivity index (χ4v) is 2.05. The first-order chi connectivity index (χ1) is 9.70. The minimum atomic E-state index is 0.401. The van der Waals surface area contributed by atoms with Gasteiger partial charge in [-0.05, 0) is 26.0 Å². The van der Waals surface area contributed by atoms with Crippen molar-refractivity contribution in [3.05, 3.63) is 41.8 Å². The van der Waals surface area contributed by atoms with Gasteiger partial charge in [-0.1, -0.05) is 17.7 Å². The van der Waals surface area contributed by atoms with Gasteiger partial charge in [0, 0.05) is 11.6 Å². The summed E-state index contributed by atoms with van der Waals surface area (Å²) in [6.45, 7) is 5.58. The highest BCUT2D eigenvalue weighted by Gasteiger charge is 2.12. The molecular formula is C15H18N4O. The fourth-order valence-electron chi connectivity index (χ4n) is 2.05. The maximum atomic E-state index is 5.52. The van der Waals surface area contributed by atoms with E-state index in [1.54, 1.807) is 6.26 Å². The lowest BCUT2D eigenvalue weighted by atomic mass is 10.1. The highest BCUT2D eigenvalue weighted by Crippen LogP contribution is 2.18. The van der Waals surface area contributed by atoms with Crippen LogP contribution in [-0.2, 0) is 6.54 Å². The number of hydrogen-bond acceptors (Lipinski definition) is 5. The molecule has 0 spiro atoms. The van der Waals surface area contributed by atoms with E-state index in [4.69, 9.17) is 4.42 Å². The van der Waals surface area contributed by atoms with Crippen molar-refractivity contribution < 1.29 is 4.42 Å². The average Bonchev–Trinajstić information content (AvgIpc) is 3.06. The number of guanidine groups is 1. The lowest BCUT2D eigenvalue weighted by Crippen LogP contribution is -2.37. The van der Waals surface area contributed by atoms with E-state index < -0.39 is 0 Å². The van der Waals surface area contributed by atoms with Gasteiger partial charge in [0.25, 0.3) is 0 Å². The number of rotatable bonds is 3. The van der Waals surface area contributed by atoms with E-state index in [0.717, 1.165) is 23.8 Å².